The highest BCUT2D eigenvalue weighted by molar-refractivity contribution is 7.99. The van der Waals surface area contributed by atoms with E-state index in [1.165, 1.54) is 11.4 Å². The predicted molar refractivity (Wildman–Crippen MR) is 81.1 cm³/mol. The lowest BCUT2D eigenvalue weighted by Gasteiger charge is -2.21. The third-order valence-corrected chi connectivity index (χ3v) is 5.69. The molecule has 2 rings (SSSR count). The number of ketones is 1. The first kappa shape index (κ1) is 13.7. The Morgan fingerprint density at radius 2 is 2.17 bits per heavy atom. The Labute approximate surface area is 117 Å². The minimum atomic E-state index is 0.0671. The van der Waals surface area contributed by atoms with Crippen LogP contribution in [0.4, 0.5) is 10.7 Å². The van der Waals surface area contributed by atoms with E-state index in [1.807, 2.05) is 6.26 Å². The largest absolute Gasteiger partial charge is 0.396 e. The van der Waals surface area contributed by atoms with Crippen molar-refractivity contribution < 1.29 is 4.79 Å². The summed E-state index contributed by atoms with van der Waals surface area (Å²) in [6.07, 6.45) is 3.21. The number of Topliss-reactive ketones (excluding diaryl/α,β-unsaturated/α-hetero) is 1. The van der Waals surface area contributed by atoms with Gasteiger partial charge in [0.2, 0.25) is 0 Å². The number of nitrogens with zero attached hydrogens (tertiary/aromatic N) is 1. The van der Waals surface area contributed by atoms with Crippen LogP contribution in [0.25, 0.3) is 0 Å². The zero-order chi connectivity index (χ0) is 13.5. The molecule has 0 bridgehead atoms. The maximum atomic E-state index is 11.6. The molecule has 0 aromatic carbocycles. The lowest BCUT2D eigenvalue weighted by molar-refractivity contribution is 0.102. The van der Waals surface area contributed by atoms with Crippen LogP contribution < -0.4 is 10.6 Å². The maximum absolute atomic E-state index is 11.6. The Hall–Kier alpha value is -0.680. The normalized spacial score (nSPS) is 18.3. The highest BCUT2D eigenvalue weighted by atomic mass is 32.2. The van der Waals surface area contributed by atoms with Gasteiger partial charge in [0.1, 0.15) is 5.00 Å². The van der Waals surface area contributed by atoms with Crippen LogP contribution in [0.2, 0.25) is 0 Å². The Morgan fingerprint density at radius 3 is 2.61 bits per heavy atom. The Bertz CT molecular complexity index is 480. The van der Waals surface area contributed by atoms with E-state index in [1.54, 1.807) is 30.0 Å². The molecular formula is C13H20N2OS2. The highest BCUT2D eigenvalue weighted by Gasteiger charge is 2.32. The van der Waals surface area contributed by atoms with Crippen molar-refractivity contribution in [2.75, 3.05) is 30.0 Å². The molecule has 2 N–H and O–H groups in total. The molecule has 1 aliphatic heterocycles. The van der Waals surface area contributed by atoms with E-state index in [-0.39, 0.29) is 5.78 Å². The summed E-state index contributed by atoms with van der Waals surface area (Å²) < 4.78 is 0. The van der Waals surface area contributed by atoms with E-state index in [4.69, 9.17) is 5.73 Å². The quantitative estimate of drug-likeness (QED) is 0.682. The second-order valence-electron chi connectivity index (χ2n) is 5.58. The molecule has 0 unspecified atom stereocenters. The van der Waals surface area contributed by atoms with Crippen molar-refractivity contribution in [2.24, 2.45) is 5.41 Å². The van der Waals surface area contributed by atoms with Gasteiger partial charge in [-0.15, -0.1) is 23.1 Å². The number of anilines is 2. The molecular weight excluding hydrogens is 264 g/mol. The molecule has 0 amide bonds. The number of thiophene rings is 1. The van der Waals surface area contributed by atoms with Gasteiger partial charge in [0.05, 0.1) is 15.5 Å². The van der Waals surface area contributed by atoms with E-state index >= 15 is 0 Å². The minimum Gasteiger partial charge on any atom is -0.396 e. The van der Waals surface area contributed by atoms with Crippen LogP contribution in [0, 0.1) is 5.41 Å². The van der Waals surface area contributed by atoms with Crippen LogP contribution in [0.1, 0.15) is 36.9 Å². The number of nitrogens with two attached hydrogens (primary N) is 1. The second-order valence-corrected chi connectivity index (χ2v) is 7.39. The van der Waals surface area contributed by atoms with Gasteiger partial charge in [-0.2, -0.15) is 0 Å². The number of thioether (sulfide) groups is 1. The summed E-state index contributed by atoms with van der Waals surface area (Å²) in [6.45, 7) is 8.25. The molecule has 1 aromatic heterocycles. The summed E-state index contributed by atoms with van der Waals surface area (Å²) in [7, 11) is 0. The first-order valence-electron chi connectivity index (χ1n) is 6.08. The summed E-state index contributed by atoms with van der Waals surface area (Å²) in [6, 6.07) is 0. The van der Waals surface area contributed by atoms with Crippen LogP contribution in [-0.4, -0.2) is 25.1 Å². The van der Waals surface area contributed by atoms with E-state index in [2.05, 4.69) is 18.7 Å². The van der Waals surface area contributed by atoms with Crippen LogP contribution >= 0.6 is 23.1 Å². The van der Waals surface area contributed by atoms with Crippen molar-refractivity contribution in [1.29, 1.82) is 0 Å². The van der Waals surface area contributed by atoms with Gasteiger partial charge in [-0.3, -0.25) is 4.79 Å². The summed E-state index contributed by atoms with van der Waals surface area (Å²) in [5.41, 5.74) is 7.11. The third kappa shape index (κ3) is 2.38. The van der Waals surface area contributed by atoms with Crippen molar-refractivity contribution >= 4 is 39.6 Å². The number of carbonyl (C=O) groups excluding carboxylic acids is 1. The highest BCUT2D eigenvalue weighted by Crippen LogP contribution is 2.46. The summed E-state index contributed by atoms with van der Waals surface area (Å²) >= 11 is 3.19. The smallest absolute Gasteiger partial charge is 0.171 e. The van der Waals surface area contributed by atoms with E-state index < -0.39 is 0 Å². The van der Waals surface area contributed by atoms with Crippen LogP contribution in [0.3, 0.4) is 0 Å². The van der Waals surface area contributed by atoms with Gasteiger partial charge in [-0.05, 0) is 18.1 Å². The van der Waals surface area contributed by atoms with Gasteiger partial charge >= 0.3 is 0 Å². The number of hydrogen-bond acceptors (Lipinski definition) is 5. The molecule has 18 heavy (non-hydrogen) atoms. The van der Waals surface area contributed by atoms with Gasteiger partial charge in [-0.25, -0.2) is 0 Å². The molecule has 1 saturated heterocycles. The topological polar surface area (TPSA) is 46.3 Å². The zero-order valence-electron chi connectivity index (χ0n) is 11.4. The molecule has 1 fully saturated rings. The standard InChI is InChI=1S/C13H20N2OS2/c1-8(16)10-9(14)11(17-4)12(18-10)15-6-5-13(2,3)7-15/h5-7,14H2,1-4H3. The Kier molecular flexibility index (Phi) is 3.65. The van der Waals surface area contributed by atoms with Crippen molar-refractivity contribution in [3.63, 3.8) is 0 Å². The SMILES string of the molecule is CSc1c(N2CCC(C)(C)C2)sc(C(C)=O)c1N. The molecule has 1 aliphatic rings. The minimum absolute atomic E-state index is 0.0671. The van der Waals surface area contributed by atoms with Crippen molar-refractivity contribution in [3.05, 3.63) is 4.88 Å². The molecule has 5 heteroatoms. The molecule has 0 atom stereocenters. The Morgan fingerprint density at radius 1 is 1.50 bits per heavy atom. The molecule has 0 radical (unpaired) electrons. The number of carbonyl (C=O) groups is 1. The van der Waals surface area contributed by atoms with E-state index in [0.29, 0.717) is 16.0 Å². The maximum Gasteiger partial charge on any atom is 0.171 e. The number of hydrogen-bond donors (Lipinski definition) is 1. The van der Waals surface area contributed by atoms with Crippen LogP contribution in [-0.2, 0) is 0 Å². The van der Waals surface area contributed by atoms with Crippen molar-refractivity contribution in [2.45, 2.75) is 32.1 Å². The van der Waals surface area contributed by atoms with Gasteiger partial charge in [-0.1, -0.05) is 13.8 Å². The van der Waals surface area contributed by atoms with E-state index in [0.717, 1.165) is 18.0 Å². The lowest BCUT2D eigenvalue weighted by atomic mass is 9.93. The van der Waals surface area contributed by atoms with Gasteiger partial charge in [0, 0.05) is 20.0 Å². The molecule has 2 heterocycles. The van der Waals surface area contributed by atoms with Crippen molar-refractivity contribution in [3.8, 4) is 0 Å². The Balaban J connectivity index is 2.39. The first-order chi connectivity index (χ1) is 8.35. The monoisotopic (exact) mass is 284 g/mol. The van der Waals surface area contributed by atoms with Gasteiger partial charge in [0.15, 0.2) is 5.78 Å². The molecule has 0 saturated carbocycles. The van der Waals surface area contributed by atoms with E-state index in [9.17, 15) is 4.79 Å². The summed E-state index contributed by atoms with van der Waals surface area (Å²) in [5, 5.41) is 1.18. The molecule has 0 aliphatic carbocycles. The fourth-order valence-corrected chi connectivity index (χ4v) is 4.47. The average Bonchev–Trinajstić information content (AvgIpc) is 2.78. The van der Waals surface area contributed by atoms with Crippen molar-refractivity contribution in [1.82, 2.24) is 0 Å². The molecule has 1 aromatic rings. The lowest BCUT2D eigenvalue weighted by Crippen LogP contribution is -2.22. The van der Waals surface area contributed by atoms with Gasteiger partial charge < -0.3 is 10.6 Å². The molecule has 0 spiro atoms. The summed E-state index contributed by atoms with van der Waals surface area (Å²) in [4.78, 5) is 15.7. The number of nitrogen functional groups attached to an aromatic ring is 1. The average molecular weight is 284 g/mol. The van der Waals surface area contributed by atoms with Crippen LogP contribution in [0.5, 0.6) is 0 Å². The third-order valence-electron chi connectivity index (χ3n) is 3.37. The fraction of sp³-hybridized carbons (Fsp3) is 0.615. The molecule has 3 nitrogen and oxygen atoms in total. The first-order valence-corrected chi connectivity index (χ1v) is 8.12. The summed E-state index contributed by atoms with van der Waals surface area (Å²) in [5.74, 6) is 0.0671. The number of rotatable bonds is 3. The second kappa shape index (κ2) is 4.78. The molecule has 100 valence electrons. The van der Waals surface area contributed by atoms with Crippen LogP contribution in [0.15, 0.2) is 4.90 Å². The fourth-order valence-electron chi connectivity index (χ4n) is 2.37. The zero-order valence-corrected chi connectivity index (χ0v) is 13.0. The predicted octanol–water partition coefficient (Wildman–Crippen LogP) is 3.49. The van der Waals surface area contributed by atoms with Gasteiger partial charge in [0.25, 0.3) is 0 Å².